The monoisotopic (exact) mass is 290 g/mol. The van der Waals surface area contributed by atoms with Crippen molar-refractivity contribution >= 4 is 5.97 Å². The lowest BCUT2D eigenvalue weighted by molar-refractivity contribution is 0.0600. The Balaban J connectivity index is 2.01. The molecule has 0 aromatic heterocycles. The molecule has 1 N–H and O–H groups in total. The zero-order valence-corrected chi connectivity index (χ0v) is 11.5. The van der Waals surface area contributed by atoms with Gasteiger partial charge in [-0.05, 0) is 35.4 Å². The molecular weight excluding hydrogens is 275 g/mol. The topological polar surface area (TPSA) is 55.8 Å². The number of ether oxygens (including phenoxy) is 2. The first-order chi connectivity index (χ1) is 10.1. The van der Waals surface area contributed by atoms with Crippen molar-refractivity contribution in [2.24, 2.45) is 0 Å². The normalized spacial score (nSPS) is 10.2. The lowest BCUT2D eigenvalue weighted by atomic mass is 10.1. The van der Waals surface area contributed by atoms with Crippen LogP contribution in [0.25, 0.3) is 0 Å². The van der Waals surface area contributed by atoms with Crippen LogP contribution < -0.4 is 4.74 Å². The molecule has 0 saturated heterocycles. The van der Waals surface area contributed by atoms with Crippen LogP contribution in [0, 0.1) is 5.82 Å². The molecule has 0 unspecified atom stereocenters. The quantitative estimate of drug-likeness (QED) is 0.860. The highest BCUT2D eigenvalue weighted by Gasteiger charge is 2.07. The minimum Gasteiger partial charge on any atom is -0.486 e. The van der Waals surface area contributed by atoms with E-state index >= 15 is 0 Å². The molecule has 2 rings (SSSR count). The molecule has 4 nitrogen and oxygen atoms in total. The number of aliphatic hydroxyl groups excluding tert-OH is 1. The number of hydrogen-bond donors (Lipinski definition) is 1. The van der Waals surface area contributed by atoms with Gasteiger partial charge in [0.2, 0.25) is 0 Å². The van der Waals surface area contributed by atoms with E-state index in [1.807, 2.05) is 0 Å². The first kappa shape index (κ1) is 15.0. The van der Waals surface area contributed by atoms with E-state index < -0.39 is 11.8 Å². The van der Waals surface area contributed by atoms with E-state index in [0.29, 0.717) is 11.1 Å². The Morgan fingerprint density at radius 3 is 2.38 bits per heavy atom. The van der Waals surface area contributed by atoms with Crippen molar-refractivity contribution in [3.05, 3.63) is 65.0 Å². The van der Waals surface area contributed by atoms with Crippen LogP contribution in [-0.2, 0) is 18.0 Å². The molecule has 0 bridgehead atoms. The SMILES string of the molecule is COC(=O)c1ccc(COc2ccc(CO)cc2F)cc1. The van der Waals surface area contributed by atoms with Crippen molar-refractivity contribution in [2.45, 2.75) is 13.2 Å². The van der Waals surface area contributed by atoms with Crippen LogP contribution in [0.5, 0.6) is 5.75 Å². The minimum atomic E-state index is -0.521. The Morgan fingerprint density at radius 2 is 1.81 bits per heavy atom. The Morgan fingerprint density at radius 1 is 1.14 bits per heavy atom. The second kappa shape index (κ2) is 6.85. The number of hydrogen-bond acceptors (Lipinski definition) is 4. The van der Waals surface area contributed by atoms with E-state index in [1.165, 1.54) is 19.2 Å². The molecular formula is C16H15FO4. The van der Waals surface area contributed by atoms with Gasteiger partial charge in [-0.1, -0.05) is 18.2 Å². The summed E-state index contributed by atoms with van der Waals surface area (Å²) in [6.45, 7) is -0.0387. The Bertz CT molecular complexity index is 623. The second-order valence-electron chi connectivity index (χ2n) is 4.40. The first-order valence-corrected chi connectivity index (χ1v) is 6.33. The van der Waals surface area contributed by atoms with Crippen molar-refractivity contribution in [3.63, 3.8) is 0 Å². The standard InChI is InChI=1S/C16H15FO4/c1-20-16(19)13-5-2-11(3-6-13)10-21-15-7-4-12(9-18)8-14(15)17/h2-8,18H,9-10H2,1H3. The van der Waals surface area contributed by atoms with Gasteiger partial charge in [-0.3, -0.25) is 0 Å². The number of carbonyl (C=O) groups excluding carboxylic acids is 1. The van der Waals surface area contributed by atoms with Gasteiger partial charge in [-0.15, -0.1) is 0 Å². The third kappa shape index (κ3) is 3.79. The van der Waals surface area contributed by atoms with Gasteiger partial charge in [-0.2, -0.15) is 0 Å². The maximum absolute atomic E-state index is 13.7. The fraction of sp³-hybridized carbons (Fsp3) is 0.188. The fourth-order valence-electron chi connectivity index (χ4n) is 1.78. The predicted octanol–water partition coefficient (Wildman–Crippen LogP) is 2.68. The molecule has 0 aliphatic carbocycles. The predicted molar refractivity (Wildman–Crippen MR) is 74.4 cm³/mol. The summed E-state index contributed by atoms with van der Waals surface area (Å²) in [5.74, 6) is -0.815. The Kier molecular flexibility index (Phi) is 4.90. The van der Waals surface area contributed by atoms with Crippen LogP contribution in [0.15, 0.2) is 42.5 Å². The number of esters is 1. The summed E-state index contributed by atoms with van der Waals surface area (Å²) < 4.78 is 23.6. The second-order valence-corrected chi connectivity index (χ2v) is 4.40. The summed E-state index contributed by atoms with van der Waals surface area (Å²) in [4.78, 5) is 11.3. The van der Waals surface area contributed by atoms with Gasteiger partial charge in [-0.25, -0.2) is 9.18 Å². The van der Waals surface area contributed by atoms with Gasteiger partial charge >= 0.3 is 5.97 Å². The molecule has 110 valence electrons. The van der Waals surface area contributed by atoms with Crippen LogP contribution in [0.2, 0.25) is 0 Å². The lowest BCUT2D eigenvalue weighted by Gasteiger charge is -2.08. The average Bonchev–Trinajstić information content (AvgIpc) is 2.53. The largest absolute Gasteiger partial charge is 0.486 e. The van der Waals surface area contributed by atoms with Crippen molar-refractivity contribution in [1.82, 2.24) is 0 Å². The summed E-state index contributed by atoms with van der Waals surface area (Å²) in [6, 6.07) is 11.0. The lowest BCUT2D eigenvalue weighted by Crippen LogP contribution is -2.02. The highest BCUT2D eigenvalue weighted by Crippen LogP contribution is 2.20. The Labute approximate surface area is 121 Å². The van der Waals surface area contributed by atoms with Crippen molar-refractivity contribution < 1.29 is 23.8 Å². The number of aliphatic hydroxyl groups is 1. The van der Waals surface area contributed by atoms with Gasteiger partial charge in [0.15, 0.2) is 11.6 Å². The molecule has 0 aliphatic rings. The zero-order valence-electron chi connectivity index (χ0n) is 11.5. The van der Waals surface area contributed by atoms with Crippen LogP contribution in [-0.4, -0.2) is 18.2 Å². The van der Waals surface area contributed by atoms with Crippen molar-refractivity contribution in [3.8, 4) is 5.75 Å². The molecule has 0 amide bonds. The fourth-order valence-corrected chi connectivity index (χ4v) is 1.78. The molecule has 0 fully saturated rings. The van der Waals surface area contributed by atoms with Gasteiger partial charge in [0.05, 0.1) is 19.3 Å². The Hall–Kier alpha value is -2.40. The summed E-state index contributed by atoms with van der Waals surface area (Å²) >= 11 is 0. The molecule has 2 aromatic rings. The molecule has 2 aromatic carbocycles. The van der Waals surface area contributed by atoms with Crippen LogP contribution in [0.4, 0.5) is 4.39 Å². The summed E-state index contributed by atoms with van der Waals surface area (Å²) in [6.07, 6.45) is 0. The molecule has 21 heavy (non-hydrogen) atoms. The molecule has 0 heterocycles. The van der Waals surface area contributed by atoms with E-state index in [1.54, 1.807) is 30.3 Å². The number of carbonyl (C=O) groups is 1. The van der Waals surface area contributed by atoms with E-state index in [4.69, 9.17) is 9.84 Å². The summed E-state index contributed by atoms with van der Waals surface area (Å²) in [5.41, 5.74) is 1.73. The molecule has 5 heteroatoms. The summed E-state index contributed by atoms with van der Waals surface area (Å²) in [5, 5.41) is 8.91. The van der Waals surface area contributed by atoms with Crippen LogP contribution in [0.3, 0.4) is 0 Å². The molecule has 0 saturated carbocycles. The van der Waals surface area contributed by atoms with Crippen LogP contribution in [0.1, 0.15) is 21.5 Å². The van der Waals surface area contributed by atoms with E-state index in [-0.39, 0.29) is 19.0 Å². The van der Waals surface area contributed by atoms with Crippen molar-refractivity contribution in [1.29, 1.82) is 0 Å². The highest BCUT2D eigenvalue weighted by atomic mass is 19.1. The molecule has 0 spiro atoms. The highest BCUT2D eigenvalue weighted by molar-refractivity contribution is 5.89. The third-order valence-corrected chi connectivity index (χ3v) is 2.95. The smallest absolute Gasteiger partial charge is 0.337 e. The number of rotatable bonds is 5. The van der Waals surface area contributed by atoms with Crippen molar-refractivity contribution in [2.75, 3.05) is 7.11 Å². The first-order valence-electron chi connectivity index (χ1n) is 6.33. The van der Waals surface area contributed by atoms with Gasteiger partial charge in [0.25, 0.3) is 0 Å². The van der Waals surface area contributed by atoms with E-state index in [2.05, 4.69) is 4.74 Å². The molecule has 0 atom stereocenters. The maximum atomic E-state index is 13.7. The number of benzene rings is 2. The van der Waals surface area contributed by atoms with Gasteiger partial charge in [0.1, 0.15) is 6.61 Å². The van der Waals surface area contributed by atoms with E-state index in [0.717, 1.165) is 5.56 Å². The number of methoxy groups -OCH3 is 1. The van der Waals surface area contributed by atoms with Gasteiger partial charge < -0.3 is 14.6 Å². The molecule has 0 aliphatic heterocycles. The number of halogens is 1. The van der Waals surface area contributed by atoms with Gasteiger partial charge in [0, 0.05) is 0 Å². The third-order valence-electron chi connectivity index (χ3n) is 2.95. The molecule has 0 radical (unpaired) electrons. The average molecular weight is 290 g/mol. The maximum Gasteiger partial charge on any atom is 0.337 e. The van der Waals surface area contributed by atoms with E-state index in [9.17, 15) is 9.18 Å². The minimum absolute atomic E-state index is 0.115. The van der Waals surface area contributed by atoms with Crippen LogP contribution >= 0.6 is 0 Å². The zero-order chi connectivity index (χ0) is 15.2. The summed E-state index contributed by atoms with van der Waals surface area (Å²) in [7, 11) is 1.32.